The van der Waals surface area contributed by atoms with E-state index < -0.39 is 11.0 Å². The van der Waals surface area contributed by atoms with Gasteiger partial charge in [0.15, 0.2) is 11.9 Å². The number of hydrogen-bond acceptors (Lipinski definition) is 5. The van der Waals surface area contributed by atoms with E-state index in [-0.39, 0.29) is 17.5 Å². The molecule has 108 valence electrons. The lowest BCUT2D eigenvalue weighted by Gasteiger charge is -2.29. The smallest absolute Gasteiger partial charge is 0.366 e. The molecule has 0 radical (unpaired) electrons. The minimum absolute atomic E-state index is 0.217. The van der Waals surface area contributed by atoms with Crippen LogP contribution in [0.3, 0.4) is 0 Å². The zero-order valence-corrected chi connectivity index (χ0v) is 11.7. The van der Waals surface area contributed by atoms with Crippen LogP contribution in [0.2, 0.25) is 0 Å². The van der Waals surface area contributed by atoms with Crippen LogP contribution < -0.4 is 9.64 Å². The van der Waals surface area contributed by atoms with Crippen molar-refractivity contribution in [1.82, 2.24) is 4.98 Å². The third-order valence-corrected chi connectivity index (χ3v) is 3.11. The van der Waals surface area contributed by atoms with Gasteiger partial charge in [0.1, 0.15) is 0 Å². The van der Waals surface area contributed by atoms with Crippen LogP contribution >= 0.6 is 0 Å². The highest BCUT2D eigenvalue weighted by Gasteiger charge is 2.36. The summed E-state index contributed by atoms with van der Waals surface area (Å²) in [6.07, 6.45) is 0.195. The molecule has 0 bridgehead atoms. The largest absolute Gasteiger partial charge is 0.475 e. The van der Waals surface area contributed by atoms with Crippen molar-refractivity contribution in [3.05, 3.63) is 22.2 Å². The fourth-order valence-corrected chi connectivity index (χ4v) is 1.98. The van der Waals surface area contributed by atoms with Crippen LogP contribution in [0.4, 0.5) is 11.6 Å². The molecule has 1 aromatic rings. The predicted octanol–water partition coefficient (Wildman–Crippen LogP) is 2.15. The first kappa shape index (κ1) is 14.2. The van der Waals surface area contributed by atoms with Crippen LogP contribution in [0.25, 0.3) is 0 Å². The Morgan fingerprint density at radius 3 is 2.80 bits per heavy atom. The van der Waals surface area contributed by atoms with Gasteiger partial charge in [0.2, 0.25) is 0 Å². The number of hydrogen-bond donors (Lipinski definition) is 0. The molecule has 0 fully saturated rings. The van der Waals surface area contributed by atoms with Crippen molar-refractivity contribution < 1.29 is 14.5 Å². The van der Waals surface area contributed by atoms with Gasteiger partial charge in [-0.2, -0.15) is 0 Å². The van der Waals surface area contributed by atoms with Crippen LogP contribution in [0.1, 0.15) is 27.2 Å². The standard InChI is InChI=1S/C13H17N3O4/c1-8(2)6-7-15-12-10(20-9(3)13(15)17)4-5-11(14-12)16(18)19/h4-5,8-9H,6-7H2,1-3H3. The number of pyridine rings is 1. The van der Waals surface area contributed by atoms with Gasteiger partial charge in [0.25, 0.3) is 11.7 Å². The van der Waals surface area contributed by atoms with Crippen molar-refractivity contribution in [3.63, 3.8) is 0 Å². The summed E-state index contributed by atoms with van der Waals surface area (Å²) in [5, 5.41) is 10.8. The maximum absolute atomic E-state index is 12.2. The van der Waals surface area contributed by atoms with E-state index in [0.717, 1.165) is 6.42 Å². The van der Waals surface area contributed by atoms with Crippen molar-refractivity contribution >= 4 is 17.5 Å². The number of nitrogens with zero attached hydrogens (tertiary/aromatic N) is 3. The fraction of sp³-hybridized carbons (Fsp3) is 0.538. The maximum atomic E-state index is 12.2. The van der Waals surface area contributed by atoms with E-state index in [0.29, 0.717) is 18.2 Å². The van der Waals surface area contributed by atoms with Crippen LogP contribution in [0, 0.1) is 16.0 Å². The molecule has 0 saturated heterocycles. The Balaban J connectivity index is 2.38. The number of anilines is 1. The Hall–Kier alpha value is -2.18. The Labute approximate surface area is 116 Å². The highest BCUT2D eigenvalue weighted by molar-refractivity contribution is 5.98. The first-order valence-corrected chi connectivity index (χ1v) is 6.53. The first-order chi connectivity index (χ1) is 9.40. The zero-order chi connectivity index (χ0) is 14.9. The van der Waals surface area contributed by atoms with Crippen LogP contribution in [-0.4, -0.2) is 28.5 Å². The number of aromatic nitrogens is 1. The molecule has 0 aliphatic carbocycles. The number of ether oxygens (including phenoxy) is 1. The molecule has 1 unspecified atom stereocenters. The number of amides is 1. The maximum Gasteiger partial charge on any atom is 0.366 e. The van der Waals surface area contributed by atoms with E-state index in [9.17, 15) is 14.9 Å². The summed E-state index contributed by atoms with van der Waals surface area (Å²) in [6, 6.07) is 2.77. The Kier molecular flexibility index (Phi) is 3.87. The highest BCUT2D eigenvalue weighted by Crippen LogP contribution is 2.34. The molecule has 20 heavy (non-hydrogen) atoms. The van der Waals surface area contributed by atoms with E-state index in [2.05, 4.69) is 18.8 Å². The molecule has 1 atom stereocenters. The molecule has 0 N–H and O–H groups in total. The van der Waals surface area contributed by atoms with Gasteiger partial charge in [-0.15, -0.1) is 0 Å². The minimum Gasteiger partial charge on any atom is -0.475 e. The quantitative estimate of drug-likeness (QED) is 0.622. The summed E-state index contributed by atoms with van der Waals surface area (Å²) >= 11 is 0. The fourth-order valence-electron chi connectivity index (χ4n) is 1.98. The molecule has 1 amide bonds. The molecule has 2 heterocycles. The summed E-state index contributed by atoms with van der Waals surface area (Å²) in [6.45, 7) is 6.24. The third kappa shape index (κ3) is 2.71. The average Bonchev–Trinajstić information content (AvgIpc) is 2.38. The molecular formula is C13H17N3O4. The summed E-state index contributed by atoms with van der Waals surface area (Å²) in [4.78, 5) is 27.8. The van der Waals surface area contributed by atoms with Crippen LogP contribution in [-0.2, 0) is 4.79 Å². The van der Waals surface area contributed by atoms with Crippen molar-refractivity contribution in [2.45, 2.75) is 33.3 Å². The van der Waals surface area contributed by atoms with Crippen molar-refractivity contribution in [1.29, 1.82) is 0 Å². The molecule has 1 aromatic heterocycles. The average molecular weight is 279 g/mol. The normalized spacial score (nSPS) is 17.9. The second-order valence-corrected chi connectivity index (χ2v) is 5.18. The van der Waals surface area contributed by atoms with E-state index in [1.54, 1.807) is 6.92 Å². The van der Waals surface area contributed by atoms with E-state index in [1.807, 2.05) is 0 Å². The lowest BCUT2D eigenvalue weighted by Crippen LogP contribution is -2.45. The van der Waals surface area contributed by atoms with Gasteiger partial charge in [-0.3, -0.25) is 9.69 Å². The zero-order valence-electron chi connectivity index (χ0n) is 11.7. The molecule has 2 rings (SSSR count). The molecule has 0 aromatic carbocycles. The van der Waals surface area contributed by atoms with E-state index in [1.165, 1.54) is 17.0 Å². The monoisotopic (exact) mass is 279 g/mol. The number of carbonyl (C=O) groups excluding carboxylic acids is 1. The van der Waals surface area contributed by atoms with Gasteiger partial charge in [-0.1, -0.05) is 13.8 Å². The Morgan fingerprint density at radius 1 is 1.50 bits per heavy atom. The van der Waals surface area contributed by atoms with E-state index in [4.69, 9.17) is 4.74 Å². The second-order valence-electron chi connectivity index (χ2n) is 5.18. The van der Waals surface area contributed by atoms with Gasteiger partial charge >= 0.3 is 5.82 Å². The van der Waals surface area contributed by atoms with Gasteiger partial charge < -0.3 is 14.9 Å². The van der Waals surface area contributed by atoms with Crippen molar-refractivity contribution in [2.24, 2.45) is 5.92 Å². The van der Waals surface area contributed by atoms with Crippen LogP contribution in [0.5, 0.6) is 5.75 Å². The van der Waals surface area contributed by atoms with Crippen molar-refractivity contribution in [3.8, 4) is 5.75 Å². The van der Waals surface area contributed by atoms with Crippen molar-refractivity contribution in [2.75, 3.05) is 11.4 Å². The lowest BCUT2D eigenvalue weighted by atomic mass is 10.1. The second kappa shape index (κ2) is 5.44. The molecule has 7 heteroatoms. The topological polar surface area (TPSA) is 85.6 Å². The summed E-state index contributed by atoms with van der Waals surface area (Å²) in [5.41, 5.74) is 0. The van der Waals surface area contributed by atoms with Gasteiger partial charge in [0.05, 0.1) is 0 Å². The van der Waals surface area contributed by atoms with Gasteiger partial charge in [-0.25, -0.2) is 0 Å². The lowest BCUT2D eigenvalue weighted by molar-refractivity contribution is -0.389. The highest BCUT2D eigenvalue weighted by atomic mass is 16.6. The Bertz CT molecular complexity index is 544. The Morgan fingerprint density at radius 2 is 2.20 bits per heavy atom. The third-order valence-electron chi connectivity index (χ3n) is 3.11. The first-order valence-electron chi connectivity index (χ1n) is 6.53. The molecule has 0 spiro atoms. The molecule has 1 aliphatic heterocycles. The molecular weight excluding hydrogens is 262 g/mol. The SMILES string of the molecule is CC(C)CCN1C(=O)C(C)Oc2ccc([N+](=O)[O-])nc21. The number of carbonyl (C=O) groups is 1. The predicted molar refractivity (Wildman–Crippen MR) is 72.8 cm³/mol. The van der Waals surface area contributed by atoms with Gasteiger partial charge in [0, 0.05) is 12.6 Å². The minimum atomic E-state index is -0.599. The summed E-state index contributed by atoms with van der Waals surface area (Å²) < 4.78 is 5.44. The molecule has 7 nitrogen and oxygen atoms in total. The summed E-state index contributed by atoms with van der Waals surface area (Å²) in [5.74, 6) is 0.563. The summed E-state index contributed by atoms with van der Waals surface area (Å²) in [7, 11) is 0. The van der Waals surface area contributed by atoms with Crippen LogP contribution in [0.15, 0.2) is 12.1 Å². The number of rotatable bonds is 4. The number of fused-ring (bicyclic) bond motifs is 1. The van der Waals surface area contributed by atoms with E-state index >= 15 is 0 Å². The molecule has 1 aliphatic rings. The number of nitro groups is 1. The van der Waals surface area contributed by atoms with Gasteiger partial charge in [-0.05, 0) is 35.2 Å². The molecule has 0 saturated carbocycles.